The molecule has 164 valence electrons. The van der Waals surface area contributed by atoms with E-state index in [0.29, 0.717) is 12.0 Å². The van der Waals surface area contributed by atoms with E-state index in [4.69, 9.17) is 9.47 Å². The molecule has 5 heteroatoms. The second-order valence-corrected chi connectivity index (χ2v) is 8.15. The van der Waals surface area contributed by atoms with Crippen LogP contribution in [0.4, 0.5) is 13.2 Å². The Morgan fingerprint density at radius 1 is 0.900 bits per heavy atom. The van der Waals surface area contributed by atoms with Gasteiger partial charge in [0.1, 0.15) is 0 Å². The molecule has 0 spiro atoms. The SMILES string of the molecule is CCCCCc1ccc(COC2CCC(c3ccc(OC)c(F)c3)CC2)c(F)c1F. The highest BCUT2D eigenvalue weighted by molar-refractivity contribution is 5.31. The predicted molar refractivity (Wildman–Crippen MR) is 112 cm³/mol. The van der Waals surface area contributed by atoms with Crippen molar-refractivity contribution in [2.45, 2.75) is 76.9 Å². The van der Waals surface area contributed by atoms with E-state index in [0.717, 1.165) is 50.5 Å². The van der Waals surface area contributed by atoms with Crippen molar-refractivity contribution in [1.82, 2.24) is 0 Å². The van der Waals surface area contributed by atoms with Crippen LogP contribution in [0.5, 0.6) is 5.75 Å². The largest absolute Gasteiger partial charge is 0.494 e. The molecule has 0 unspecified atom stereocenters. The fourth-order valence-electron chi connectivity index (χ4n) is 4.21. The summed E-state index contributed by atoms with van der Waals surface area (Å²) in [6.45, 7) is 2.16. The third-order valence-corrected chi connectivity index (χ3v) is 6.09. The van der Waals surface area contributed by atoms with Crippen LogP contribution >= 0.6 is 0 Å². The lowest BCUT2D eigenvalue weighted by atomic mass is 9.82. The molecule has 1 aliphatic rings. The maximum atomic E-state index is 14.4. The molecule has 0 heterocycles. The summed E-state index contributed by atoms with van der Waals surface area (Å²) >= 11 is 0. The molecule has 1 saturated carbocycles. The second kappa shape index (κ2) is 10.9. The van der Waals surface area contributed by atoms with Crippen molar-refractivity contribution < 1.29 is 22.6 Å². The van der Waals surface area contributed by atoms with Crippen LogP contribution in [0.15, 0.2) is 30.3 Å². The number of unbranched alkanes of at least 4 members (excludes halogenated alkanes) is 2. The Hall–Kier alpha value is -2.01. The minimum Gasteiger partial charge on any atom is -0.494 e. The molecular formula is C25H31F3O2. The monoisotopic (exact) mass is 420 g/mol. The van der Waals surface area contributed by atoms with Gasteiger partial charge in [0.25, 0.3) is 0 Å². The number of ether oxygens (including phenoxy) is 2. The van der Waals surface area contributed by atoms with Gasteiger partial charge in [0.05, 0.1) is 19.8 Å². The van der Waals surface area contributed by atoms with Crippen LogP contribution < -0.4 is 4.74 Å². The number of rotatable bonds is 9. The smallest absolute Gasteiger partial charge is 0.165 e. The van der Waals surface area contributed by atoms with Gasteiger partial charge in [-0.3, -0.25) is 0 Å². The van der Waals surface area contributed by atoms with Crippen molar-refractivity contribution in [1.29, 1.82) is 0 Å². The first-order valence-corrected chi connectivity index (χ1v) is 10.9. The van der Waals surface area contributed by atoms with Gasteiger partial charge >= 0.3 is 0 Å². The number of hydrogen-bond donors (Lipinski definition) is 0. The zero-order valence-corrected chi connectivity index (χ0v) is 17.9. The normalized spacial score (nSPS) is 19.1. The Labute approximate surface area is 177 Å². The number of benzene rings is 2. The van der Waals surface area contributed by atoms with Crippen molar-refractivity contribution in [2.75, 3.05) is 7.11 Å². The molecule has 0 aliphatic heterocycles. The summed E-state index contributed by atoms with van der Waals surface area (Å²) in [4.78, 5) is 0. The van der Waals surface area contributed by atoms with E-state index in [1.807, 2.05) is 6.07 Å². The molecule has 2 aromatic carbocycles. The summed E-state index contributed by atoms with van der Waals surface area (Å²) < 4.78 is 53.5. The first kappa shape index (κ1) is 22.7. The maximum Gasteiger partial charge on any atom is 0.165 e. The minimum atomic E-state index is -0.786. The van der Waals surface area contributed by atoms with E-state index in [1.165, 1.54) is 7.11 Å². The Morgan fingerprint density at radius 3 is 2.27 bits per heavy atom. The highest BCUT2D eigenvalue weighted by Gasteiger charge is 2.24. The lowest BCUT2D eigenvalue weighted by molar-refractivity contribution is 0.0118. The van der Waals surface area contributed by atoms with Gasteiger partial charge in [0.2, 0.25) is 0 Å². The molecule has 0 atom stereocenters. The number of methoxy groups -OCH3 is 1. The summed E-state index contributed by atoms with van der Waals surface area (Å²) in [5.74, 6) is -1.34. The summed E-state index contributed by atoms with van der Waals surface area (Å²) in [5.41, 5.74) is 1.68. The highest BCUT2D eigenvalue weighted by atomic mass is 19.2. The van der Waals surface area contributed by atoms with E-state index >= 15 is 0 Å². The Morgan fingerprint density at radius 2 is 1.60 bits per heavy atom. The molecule has 30 heavy (non-hydrogen) atoms. The van der Waals surface area contributed by atoms with E-state index < -0.39 is 11.6 Å². The first-order chi connectivity index (χ1) is 14.5. The Balaban J connectivity index is 1.51. The fraction of sp³-hybridized carbons (Fsp3) is 0.520. The molecule has 0 bridgehead atoms. The average Bonchev–Trinajstić information content (AvgIpc) is 2.76. The summed E-state index contributed by atoms with van der Waals surface area (Å²) in [6, 6.07) is 8.45. The van der Waals surface area contributed by atoms with Crippen LogP contribution in [-0.2, 0) is 17.8 Å². The van der Waals surface area contributed by atoms with Gasteiger partial charge in [0.15, 0.2) is 23.2 Å². The van der Waals surface area contributed by atoms with Gasteiger partial charge in [-0.05, 0) is 67.7 Å². The molecule has 3 rings (SSSR count). The van der Waals surface area contributed by atoms with Crippen LogP contribution in [-0.4, -0.2) is 13.2 Å². The van der Waals surface area contributed by atoms with Crippen LogP contribution in [0.2, 0.25) is 0 Å². The van der Waals surface area contributed by atoms with Gasteiger partial charge < -0.3 is 9.47 Å². The van der Waals surface area contributed by atoms with E-state index in [-0.39, 0.29) is 35.8 Å². The van der Waals surface area contributed by atoms with Gasteiger partial charge in [-0.1, -0.05) is 38.0 Å². The van der Waals surface area contributed by atoms with Crippen molar-refractivity contribution >= 4 is 0 Å². The second-order valence-electron chi connectivity index (χ2n) is 8.15. The molecule has 0 saturated heterocycles. The highest BCUT2D eigenvalue weighted by Crippen LogP contribution is 2.36. The van der Waals surface area contributed by atoms with Gasteiger partial charge in [0, 0.05) is 5.56 Å². The number of halogens is 3. The molecule has 0 N–H and O–H groups in total. The molecule has 1 aliphatic carbocycles. The summed E-state index contributed by atoms with van der Waals surface area (Å²) in [6.07, 6.45) is 6.89. The van der Waals surface area contributed by atoms with E-state index in [9.17, 15) is 13.2 Å². The third-order valence-electron chi connectivity index (χ3n) is 6.09. The lowest BCUT2D eigenvalue weighted by Gasteiger charge is -2.29. The molecule has 0 radical (unpaired) electrons. The predicted octanol–water partition coefficient (Wildman–Crippen LogP) is 7.09. The Bertz CT molecular complexity index is 829. The van der Waals surface area contributed by atoms with E-state index in [1.54, 1.807) is 24.3 Å². The first-order valence-electron chi connectivity index (χ1n) is 10.9. The van der Waals surface area contributed by atoms with Crippen LogP contribution in [0.25, 0.3) is 0 Å². The summed E-state index contributed by atoms with van der Waals surface area (Å²) in [5, 5.41) is 0. The average molecular weight is 421 g/mol. The number of hydrogen-bond acceptors (Lipinski definition) is 2. The minimum absolute atomic E-state index is 0.0102. The van der Waals surface area contributed by atoms with Crippen LogP contribution in [0.1, 0.15) is 74.5 Å². The fourth-order valence-corrected chi connectivity index (χ4v) is 4.21. The quantitative estimate of drug-likeness (QED) is 0.403. The van der Waals surface area contributed by atoms with Crippen molar-refractivity contribution in [2.24, 2.45) is 0 Å². The summed E-state index contributed by atoms with van der Waals surface area (Å²) in [7, 11) is 1.45. The van der Waals surface area contributed by atoms with Crippen molar-refractivity contribution in [3.8, 4) is 5.75 Å². The third kappa shape index (κ3) is 5.57. The lowest BCUT2D eigenvalue weighted by Crippen LogP contribution is -2.21. The molecule has 0 aromatic heterocycles. The molecule has 0 amide bonds. The van der Waals surface area contributed by atoms with E-state index in [2.05, 4.69) is 6.92 Å². The maximum absolute atomic E-state index is 14.4. The zero-order valence-electron chi connectivity index (χ0n) is 17.9. The van der Waals surface area contributed by atoms with Gasteiger partial charge in [-0.15, -0.1) is 0 Å². The molecule has 1 fully saturated rings. The van der Waals surface area contributed by atoms with Gasteiger partial charge in [-0.25, -0.2) is 13.2 Å². The standard InChI is InChI=1S/C25H31F3O2/c1-3-4-5-6-18-7-8-20(25(28)24(18)27)16-30-21-12-9-17(10-13-21)19-11-14-23(29-2)22(26)15-19/h7-8,11,14-15,17,21H,3-6,9-10,12-13,16H2,1-2H3. The van der Waals surface area contributed by atoms with Crippen LogP contribution in [0.3, 0.4) is 0 Å². The molecule has 2 nitrogen and oxygen atoms in total. The zero-order chi connectivity index (χ0) is 21.5. The van der Waals surface area contributed by atoms with Gasteiger partial charge in [-0.2, -0.15) is 0 Å². The molecule has 2 aromatic rings. The topological polar surface area (TPSA) is 18.5 Å². The van der Waals surface area contributed by atoms with Crippen molar-refractivity contribution in [3.05, 3.63) is 64.5 Å². The van der Waals surface area contributed by atoms with Crippen molar-refractivity contribution in [3.63, 3.8) is 0 Å². The molecular weight excluding hydrogens is 389 g/mol. The number of aryl methyl sites for hydroxylation is 1. The Kier molecular flexibility index (Phi) is 8.20. The van der Waals surface area contributed by atoms with Crippen LogP contribution in [0, 0.1) is 17.5 Å².